The van der Waals surface area contributed by atoms with E-state index in [1.165, 1.54) is 16.5 Å². The fourth-order valence-corrected chi connectivity index (χ4v) is 8.44. The van der Waals surface area contributed by atoms with E-state index in [4.69, 9.17) is 11.6 Å². The Labute approximate surface area is 350 Å². The summed E-state index contributed by atoms with van der Waals surface area (Å²) in [6, 6.07) is 42.7. The first-order valence-corrected chi connectivity index (χ1v) is 20.6. The average molecular weight is 805 g/mol. The van der Waals surface area contributed by atoms with E-state index in [1.54, 1.807) is 0 Å². The molecule has 0 bridgehead atoms. The Balaban J connectivity index is 0.000000165. The Kier molecular flexibility index (Phi) is 11.5. The highest BCUT2D eigenvalue weighted by Crippen LogP contribution is 2.29. The van der Waals surface area contributed by atoms with Gasteiger partial charge in [-0.25, -0.2) is 9.36 Å². The zero-order valence-corrected chi connectivity index (χ0v) is 34.8. The van der Waals surface area contributed by atoms with Gasteiger partial charge in [0.1, 0.15) is 0 Å². The van der Waals surface area contributed by atoms with Gasteiger partial charge in [0.15, 0.2) is 0 Å². The van der Waals surface area contributed by atoms with Crippen molar-refractivity contribution in [2.45, 2.75) is 27.7 Å². The summed E-state index contributed by atoms with van der Waals surface area (Å²) in [5, 5.41) is 12.5. The second-order valence-electron chi connectivity index (χ2n) is 15.1. The molecule has 2 amide bonds. The van der Waals surface area contributed by atoms with Gasteiger partial charge in [0, 0.05) is 74.1 Å². The Morgan fingerprint density at radius 3 is 1.42 bits per heavy atom. The molecule has 0 atom stereocenters. The maximum Gasteiger partial charge on any atom is 0.257 e. The Hall–Kier alpha value is -6.39. The normalized spacial score (nSPS) is 14.3. The van der Waals surface area contributed by atoms with Crippen LogP contribution < -0.4 is 9.80 Å². The second kappa shape index (κ2) is 17.2. The van der Waals surface area contributed by atoms with Crippen LogP contribution in [0.4, 0.5) is 11.4 Å². The summed E-state index contributed by atoms with van der Waals surface area (Å²) >= 11 is 5.98. The number of fused-ring (bicyclic) bond motifs is 1. The van der Waals surface area contributed by atoms with E-state index in [9.17, 15) is 9.59 Å². The largest absolute Gasteiger partial charge is 0.368 e. The molecular formula is C48H49ClN8O2. The summed E-state index contributed by atoms with van der Waals surface area (Å²) in [7, 11) is 0. The Bertz CT molecular complexity index is 2560. The maximum absolute atomic E-state index is 13.4. The van der Waals surface area contributed by atoms with Gasteiger partial charge in [-0.15, -0.1) is 0 Å². The lowest BCUT2D eigenvalue weighted by molar-refractivity contribution is 0.0737. The first-order valence-electron chi connectivity index (χ1n) is 20.2. The molecule has 10 nitrogen and oxygen atoms in total. The number of amides is 2. The van der Waals surface area contributed by atoms with Gasteiger partial charge >= 0.3 is 0 Å². The second-order valence-corrected chi connectivity index (χ2v) is 15.6. The fourth-order valence-electron chi connectivity index (χ4n) is 8.32. The number of aromatic nitrogens is 4. The topological polar surface area (TPSA) is 82.7 Å². The number of carbonyl (C=O) groups excluding carboxylic acids is 2. The van der Waals surface area contributed by atoms with Crippen LogP contribution in [0.5, 0.6) is 0 Å². The van der Waals surface area contributed by atoms with Crippen LogP contribution in [-0.4, -0.2) is 93.5 Å². The molecule has 2 saturated heterocycles. The molecule has 5 aromatic carbocycles. The van der Waals surface area contributed by atoms with Gasteiger partial charge in [-0.1, -0.05) is 84.4 Å². The quantitative estimate of drug-likeness (QED) is 0.167. The van der Waals surface area contributed by atoms with Gasteiger partial charge in [-0.3, -0.25) is 9.59 Å². The van der Waals surface area contributed by atoms with Crippen molar-refractivity contribution in [3.05, 3.63) is 166 Å². The SMILES string of the molecule is Cc1nn(-c2ccccc2)c(C)c1C(=O)N1CCN(c2ccc(Cl)cc2)CC1.Cc1nn(-c2ccccc2)c(C)c1C(=O)N1CCN(c2cccc3ccccc23)CC1. The summed E-state index contributed by atoms with van der Waals surface area (Å²) in [6.07, 6.45) is 0. The molecule has 2 aromatic heterocycles. The van der Waals surface area contributed by atoms with E-state index in [-0.39, 0.29) is 11.8 Å². The van der Waals surface area contributed by atoms with Crippen LogP contribution in [0.15, 0.2) is 127 Å². The van der Waals surface area contributed by atoms with Crippen molar-refractivity contribution in [3.8, 4) is 11.4 Å². The number of halogens is 1. The number of rotatable bonds is 6. The minimum Gasteiger partial charge on any atom is -0.368 e. The number of anilines is 2. The highest BCUT2D eigenvalue weighted by Gasteiger charge is 2.29. The van der Waals surface area contributed by atoms with Crippen LogP contribution in [-0.2, 0) is 0 Å². The molecule has 300 valence electrons. The van der Waals surface area contributed by atoms with Crippen LogP contribution in [0.3, 0.4) is 0 Å². The number of piperazine rings is 2. The van der Waals surface area contributed by atoms with Gasteiger partial charge < -0.3 is 19.6 Å². The highest BCUT2D eigenvalue weighted by molar-refractivity contribution is 6.30. The Morgan fingerprint density at radius 1 is 0.475 bits per heavy atom. The van der Waals surface area contributed by atoms with Crippen LogP contribution >= 0.6 is 11.6 Å². The van der Waals surface area contributed by atoms with E-state index >= 15 is 0 Å². The number of hydrogen-bond donors (Lipinski definition) is 0. The van der Waals surface area contributed by atoms with Crippen LogP contribution in [0.1, 0.15) is 43.5 Å². The summed E-state index contributed by atoms with van der Waals surface area (Å²) < 4.78 is 3.72. The van der Waals surface area contributed by atoms with Crippen molar-refractivity contribution >= 4 is 45.6 Å². The number of hydrogen-bond acceptors (Lipinski definition) is 6. The fraction of sp³-hybridized carbons (Fsp3) is 0.250. The van der Waals surface area contributed by atoms with Crippen LogP contribution in [0.25, 0.3) is 22.1 Å². The molecule has 7 aromatic rings. The molecule has 0 saturated carbocycles. The van der Waals surface area contributed by atoms with Gasteiger partial charge in [-0.05, 0) is 87.7 Å². The summed E-state index contributed by atoms with van der Waals surface area (Å²) in [4.78, 5) is 35.2. The number of benzene rings is 5. The van der Waals surface area contributed by atoms with Crippen molar-refractivity contribution in [2.75, 3.05) is 62.2 Å². The first kappa shape index (κ1) is 39.4. The summed E-state index contributed by atoms with van der Waals surface area (Å²) in [5.74, 6) is 0.141. The molecule has 0 N–H and O–H groups in total. The molecule has 4 heterocycles. The summed E-state index contributed by atoms with van der Waals surface area (Å²) in [6.45, 7) is 13.8. The molecule has 59 heavy (non-hydrogen) atoms. The van der Waals surface area contributed by atoms with Gasteiger partial charge in [0.05, 0.1) is 45.3 Å². The molecule has 0 unspecified atom stereocenters. The lowest BCUT2D eigenvalue weighted by Crippen LogP contribution is -2.49. The predicted octanol–water partition coefficient (Wildman–Crippen LogP) is 8.71. The van der Waals surface area contributed by atoms with Crippen molar-refractivity contribution in [1.29, 1.82) is 0 Å². The van der Waals surface area contributed by atoms with E-state index in [0.717, 1.165) is 76.6 Å². The van der Waals surface area contributed by atoms with Crippen molar-refractivity contribution < 1.29 is 9.59 Å². The zero-order valence-electron chi connectivity index (χ0n) is 34.1. The Morgan fingerprint density at radius 2 is 0.915 bits per heavy atom. The minimum atomic E-state index is 0.0629. The molecule has 0 aliphatic carbocycles. The lowest BCUT2D eigenvalue weighted by Gasteiger charge is -2.36. The minimum absolute atomic E-state index is 0.0629. The van der Waals surface area contributed by atoms with E-state index < -0.39 is 0 Å². The zero-order chi connectivity index (χ0) is 41.0. The van der Waals surface area contributed by atoms with Crippen LogP contribution in [0, 0.1) is 27.7 Å². The number of nitrogens with zero attached hydrogens (tertiary/aromatic N) is 8. The predicted molar refractivity (Wildman–Crippen MR) is 238 cm³/mol. The third-order valence-corrected chi connectivity index (χ3v) is 11.7. The monoisotopic (exact) mass is 804 g/mol. The van der Waals surface area contributed by atoms with Crippen molar-refractivity contribution in [3.63, 3.8) is 0 Å². The standard InChI is InChI=1S/C26H26N4O.C22H23ClN4O/c1-19-25(20(2)30(27-19)22-11-4-3-5-12-22)26(31)29-17-15-28(16-18-29)24-14-8-10-21-9-6-7-13-23(21)24;1-16-21(17(2)27(24-16)20-6-4-3-5-7-20)22(28)26-14-12-25(13-15-26)19-10-8-18(23)9-11-19/h3-14H,15-18H2,1-2H3;3-11H,12-15H2,1-2H3. The smallest absolute Gasteiger partial charge is 0.257 e. The van der Waals surface area contributed by atoms with Gasteiger partial charge in [-0.2, -0.15) is 10.2 Å². The van der Waals surface area contributed by atoms with Gasteiger partial charge in [0.2, 0.25) is 0 Å². The highest BCUT2D eigenvalue weighted by atomic mass is 35.5. The number of para-hydroxylation sites is 2. The van der Waals surface area contributed by atoms with E-state index in [0.29, 0.717) is 31.7 Å². The molecule has 2 aliphatic rings. The third kappa shape index (κ3) is 8.18. The van der Waals surface area contributed by atoms with E-state index in [1.807, 2.05) is 132 Å². The average Bonchev–Trinajstić information content (AvgIpc) is 3.76. The molecule has 2 aliphatic heterocycles. The number of carbonyl (C=O) groups is 2. The first-order chi connectivity index (χ1) is 28.7. The maximum atomic E-state index is 13.4. The van der Waals surface area contributed by atoms with E-state index in [2.05, 4.69) is 62.5 Å². The summed E-state index contributed by atoms with van der Waals surface area (Å²) in [5.41, 5.74) is 9.09. The van der Waals surface area contributed by atoms with Crippen molar-refractivity contribution in [2.24, 2.45) is 0 Å². The molecular weight excluding hydrogens is 756 g/mol. The molecule has 11 heteroatoms. The lowest BCUT2D eigenvalue weighted by atomic mass is 10.1. The molecule has 0 radical (unpaired) electrons. The van der Waals surface area contributed by atoms with Crippen molar-refractivity contribution in [1.82, 2.24) is 29.4 Å². The molecule has 9 rings (SSSR count). The van der Waals surface area contributed by atoms with Crippen LogP contribution in [0.2, 0.25) is 5.02 Å². The molecule has 0 spiro atoms. The van der Waals surface area contributed by atoms with Gasteiger partial charge in [0.25, 0.3) is 11.8 Å². The number of aryl methyl sites for hydroxylation is 2. The molecule has 2 fully saturated rings. The third-order valence-electron chi connectivity index (χ3n) is 11.4.